The van der Waals surface area contributed by atoms with Crippen molar-refractivity contribution in [2.24, 2.45) is 5.92 Å². The van der Waals surface area contributed by atoms with Gasteiger partial charge in [0.15, 0.2) is 0 Å². The van der Waals surface area contributed by atoms with E-state index in [0.29, 0.717) is 25.2 Å². The third-order valence-corrected chi connectivity index (χ3v) is 3.18. The number of para-hydroxylation sites is 1. The van der Waals surface area contributed by atoms with E-state index in [1.165, 1.54) is 6.07 Å². The fraction of sp³-hybridized carbons (Fsp3) is 0.462. The van der Waals surface area contributed by atoms with Gasteiger partial charge in [-0.15, -0.1) is 0 Å². The van der Waals surface area contributed by atoms with E-state index in [-0.39, 0.29) is 17.5 Å². The van der Waals surface area contributed by atoms with Crippen molar-refractivity contribution in [2.75, 3.05) is 18.0 Å². The van der Waals surface area contributed by atoms with Gasteiger partial charge in [-0.2, -0.15) is 0 Å². The van der Waals surface area contributed by atoms with Crippen LogP contribution in [0.3, 0.4) is 0 Å². The second-order valence-electron chi connectivity index (χ2n) is 4.47. The molecule has 0 spiro atoms. The molecule has 1 aromatic rings. The highest BCUT2D eigenvalue weighted by Crippen LogP contribution is 2.27. The maximum absolute atomic E-state index is 13.7. The first-order chi connectivity index (χ1) is 7.59. The topological polar surface area (TPSA) is 20.3 Å². The Morgan fingerprint density at radius 3 is 2.81 bits per heavy atom. The van der Waals surface area contributed by atoms with Crippen LogP contribution < -0.4 is 4.90 Å². The maximum Gasteiger partial charge on any atom is 0.146 e. The van der Waals surface area contributed by atoms with Crippen molar-refractivity contribution in [3.8, 4) is 0 Å². The Balaban J connectivity index is 2.28. The van der Waals surface area contributed by atoms with Crippen LogP contribution in [0.1, 0.15) is 18.9 Å². The van der Waals surface area contributed by atoms with Crippen LogP contribution >= 0.6 is 0 Å². The molecule has 1 saturated heterocycles. The first-order valence-electron chi connectivity index (χ1n) is 5.62. The summed E-state index contributed by atoms with van der Waals surface area (Å²) in [6.07, 6.45) is 0.523. The van der Waals surface area contributed by atoms with E-state index in [1.54, 1.807) is 6.07 Å². The van der Waals surface area contributed by atoms with E-state index in [4.69, 9.17) is 0 Å². The molecule has 3 heteroatoms. The number of benzene rings is 1. The van der Waals surface area contributed by atoms with Gasteiger partial charge in [-0.3, -0.25) is 4.79 Å². The molecule has 1 unspecified atom stereocenters. The summed E-state index contributed by atoms with van der Waals surface area (Å²) < 4.78 is 13.7. The predicted molar refractivity (Wildman–Crippen MR) is 62.1 cm³/mol. The Bertz CT molecular complexity index is 396. The van der Waals surface area contributed by atoms with E-state index >= 15 is 0 Å². The number of piperidine rings is 1. The van der Waals surface area contributed by atoms with Crippen molar-refractivity contribution in [1.82, 2.24) is 0 Å². The lowest BCUT2D eigenvalue weighted by Gasteiger charge is -2.33. The number of anilines is 1. The highest BCUT2D eigenvalue weighted by Gasteiger charge is 2.25. The summed E-state index contributed by atoms with van der Waals surface area (Å²) in [6.45, 7) is 5.07. The minimum atomic E-state index is -0.193. The third-order valence-electron chi connectivity index (χ3n) is 3.18. The van der Waals surface area contributed by atoms with Gasteiger partial charge in [0.1, 0.15) is 11.6 Å². The quantitative estimate of drug-likeness (QED) is 0.726. The van der Waals surface area contributed by atoms with Crippen molar-refractivity contribution < 1.29 is 9.18 Å². The van der Waals surface area contributed by atoms with E-state index in [9.17, 15) is 9.18 Å². The van der Waals surface area contributed by atoms with Gasteiger partial charge in [-0.25, -0.2) is 4.39 Å². The van der Waals surface area contributed by atoms with Gasteiger partial charge in [0.05, 0.1) is 5.69 Å². The predicted octanol–water partition coefficient (Wildman–Crippen LogP) is 2.55. The Morgan fingerprint density at radius 1 is 1.44 bits per heavy atom. The lowest BCUT2D eigenvalue weighted by molar-refractivity contribution is -0.122. The van der Waals surface area contributed by atoms with Crippen molar-refractivity contribution in [2.45, 2.75) is 20.3 Å². The average Bonchev–Trinajstić information content (AvgIpc) is 2.23. The molecule has 1 atom stereocenters. The van der Waals surface area contributed by atoms with Crippen LogP contribution in [0.4, 0.5) is 10.1 Å². The van der Waals surface area contributed by atoms with E-state index in [1.807, 2.05) is 24.8 Å². The minimum absolute atomic E-state index is 0.00718. The zero-order chi connectivity index (χ0) is 11.7. The second kappa shape index (κ2) is 4.24. The van der Waals surface area contributed by atoms with Crippen LogP contribution in [0, 0.1) is 18.7 Å². The standard InChI is InChI=1S/C13H16FNO/c1-9-4-3-5-11(14)13(9)15-7-6-12(16)10(2)8-15/h3-5,10H,6-8H2,1-2H3. The second-order valence-corrected chi connectivity index (χ2v) is 4.47. The zero-order valence-electron chi connectivity index (χ0n) is 9.66. The number of halogens is 1. The number of carbonyl (C=O) groups is 1. The van der Waals surface area contributed by atoms with Crippen molar-refractivity contribution in [3.63, 3.8) is 0 Å². The first-order valence-corrected chi connectivity index (χ1v) is 5.62. The summed E-state index contributed by atoms with van der Waals surface area (Å²) in [5.74, 6) is 0.0968. The molecule has 0 bridgehead atoms. The van der Waals surface area contributed by atoms with Gasteiger partial charge >= 0.3 is 0 Å². The van der Waals surface area contributed by atoms with E-state index in [0.717, 1.165) is 5.56 Å². The molecule has 1 aliphatic heterocycles. The van der Waals surface area contributed by atoms with Crippen LogP contribution in [0.2, 0.25) is 0 Å². The number of hydrogen-bond donors (Lipinski definition) is 0. The molecule has 1 aromatic carbocycles. The van der Waals surface area contributed by atoms with Crippen molar-refractivity contribution in [1.29, 1.82) is 0 Å². The molecule has 86 valence electrons. The molecule has 16 heavy (non-hydrogen) atoms. The summed E-state index contributed by atoms with van der Waals surface area (Å²) in [6, 6.07) is 5.09. The van der Waals surface area contributed by atoms with Crippen LogP contribution in [0.5, 0.6) is 0 Å². The third kappa shape index (κ3) is 1.94. The molecule has 2 rings (SSSR count). The van der Waals surface area contributed by atoms with Gasteiger partial charge in [-0.1, -0.05) is 19.1 Å². The Kier molecular flexibility index (Phi) is 2.95. The monoisotopic (exact) mass is 221 g/mol. The highest BCUT2D eigenvalue weighted by molar-refractivity contribution is 5.83. The van der Waals surface area contributed by atoms with Crippen LogP contribution in [0.15, 0.2) is 18.2 Å². The van der Waals surface area contributed by atoms with Gasteiger partial charge in [0.25, 0.3) is 0 Å². The Morgan fingerprint density at radius 2 is 2.19 bits per heavy atom. The molecule has 0 amide bonds. The van der Waals surface area contributed by atoms with Gasteiger partial charge in [0.2, 0.25) is 0 Å². The molecule has 0 aliphatic carbocycles. The normalized spacial score (nSPS) is 21.3. The fourth-order valence-electron chi connectivity index (χ4n) is 2.24. The van der Waals surface area contributed by atoms with Gasteiger partial charge in [0, 0.05) is 25.4 Å². The molecule has 2 nitrogen and oxygen atoms in total. The first kappa shape index (κ1) is 11.1. The molecule has 1 fully saturated rings. The minimum Gasteiger partial charge on any atom is -0.368 e. The fourth-order valence-corrected chi connectivity index (χ4v) is 2.24. The Hall–Kier alpha value is -1.38. The molecular formula is C13H16FNO. The van der Waals surface area contributed by atoms with Crippen LogP contribution in [-0.2, 0) is 4.79 Å². The SMILES string of the molecule is Cc1cccc(F)c1N1CCC(=O)C(C)C1. The van der Waals surface area contributed by atoms with E-state index in [2.05, 4.69) is 0 Å². The number of nitrogens with zero attached hydrogens (tertiary/aromatic N) is 1. The van der Waals surface area contributed by atoms with Gasteiger partial charge < -0.3 is 4.90 Å². The number of carbonyl (C=O) groups excluding carboxylic acids is 1. The molecular weight excluding hydrogens is 205 g/mol. The summed E-state index contributed by atoms with van der Waals surface area (Å²) in [7, 11) is 0. The molecule has 0 saturated carbocycles. The number of Topliss-reactive ketones (excluding diaryl/α,β-unsaturated/α-hetero) is 1. The number of hydrogen-bond acceptors (Lipinski definition) is 2. The summed E-state index contributed by atoms with van der Waals surface area (Å²) in [5.41, 5.74) is 1.59. The molecule has 0 N–H and O–H groups in total. The molecule has 0 radical (unpaired) electrons. The zero-order valence-corrected chi connectivity index (χ0v) is 9.66. The maximum atomic E-state index is 13.7. The van der Waals surface area contributed by atoms with Gasteiger partial charge in [-0.05, 0) is 18.6 Å². The largest absolute Gasteiger partial charge is 0.368 e. The lowest BCUT2D eigenvalue weighted by Crippen LogP contribution is -2.40. The lowest BCUT2D eigenvalue weighted by atomic mass is 9.97. The van der Waals surface area contributed by atoms with E-state index < -0.39 is 0 Å². The summed E-state index contributed by atoms with van der Waals surface area (Å²) >= 11 is 0. The number of ketones is 1. The summed E-state index contributed by atoms with van der Waals surface area (Å²) in [5, 5.41) is 0. The Labute approximate surface area is 95.1 Å². The van der Waals surface area contributed by atoms with Crippen LogP contribution in [-0.4, -0.2) is 18.9 Å². The molecule has 1 heterocycles. The number of aryl methyl sites for hydroxylation is 1. The highest BCUT2D eigenvalue weighted by atomic mass is 19.1. The molecule has 1 aliphatic rings. The summed E-state index contributed by atoms with van der Waals surface area (Å²) in [4.78, 5) is 13.4. The van der Waals surface area contributed by atoms with Crippen molar-refractivity contribution >= 4 is 11.5 Å². The average molecular weight is 221 g/mol. The van der Waals surface area contributed by atoms with Crippen molar-refractivity contribution in [3.05, 3.63) is 29.6 Å². The number of rotatable bonds is 1. The smallest absolute Gasteiger partial charge is 0.146 e. The van der Waals surface area contributed by atoms with Crippen LogP contribution in [0.25, 0.3) is 0 Å². The molecule has 0 aromatic heterocycles.